The van der Waals surface area contributed by atoms with E-state index >= 15 is 0 Å². The first kappa shape index (κ1) is 13.7. The van der Waals surface area contributed by atoms with Crippen LogP contribution in [-0.2, 0) is 4.74 Å². The molecule has 0 spiro atoms. The Labute approximate surface area is 110 Å². The Balaban J connectivity index is 2.25. The molecule has 2 rings (SSSR count). The number of piperidine rings is 1. The summed E-state index contributed by atoms with van der Waals surface area (Å²) >= 11 is 0. The minimum absolute atomic E-state index is 0.130. The molecule has 0 aliphatic carbocycles. The van der Waals surface area contributed by atoms with Gasteiger partial charge in [-0.25, -0.2) is 4.79 Å². The van der Waals surface area contributed by atoms with Gasteiger partial charge in [0.05, 0.1) is 0 Å². The third kappa shape index (κ3) is 2.22. The van der Waals surface area contributed by atoms with E-state index in [1.165, 1.54) is 0 Å². The fourth-order valence-electron chi connectivity index (χ4n) is 3.75. The molecule has 2 heterocycles. The summed E-state index contributed by atoms with van der Waals surface area (Å²) in [5, 5.41) is 0. The lowest BCUT2D eigenvalue weighted by atomic mass is 9.83. The van der Waals surface area contributed by atoms with E-state index in [0.717, 1.165) is 25.7 Å². The standard InChI is InChI=1S/C14H26N2O2/c1-12(2,3)18-11(17)16-13(4)6-7-14(16,5)9-10(15)8-13/h10H,6-9,15H2,1-5H3/t10?,13-,14+. The lowest BCUT2D eigenvalue weighted by molar-refractivity contribution is -0.0353. The first-order valence-corrected chi connectivity index (χ1v) is 6.85. The molecule has 0 aromatic heterocycles. The van der Waals surface area contributed by atoms with Gasteiger partial charge in [-0.2, -0.15) is 0 Å². The van der Waals surface area contributed by atoms with Gasteiger partial charge >= 0.3 is 6.09 Å². The van der Waals surface area contributed by atoms with Gasteiger partial charge in [-0.1, -0.05) is 0 Å². The highest BCUT2D eigenvalue weighted by Gasteiger charge is 2.57. The zero-order chi connectivity index (χ0) is 13.8. The highest BCUT2D eigenvalue weighted by Crippen LogP contribution is 2.50. The number of carbonyl (C=O) groups excluding carboxylic acids is 1. The van der Waals surface area contributed by atoms with Crippen LogP contribution in [-0.4, -0.2) is 33.7 Å². The number of rotatable bonds is 0. The molecule has 3 atom stereocenters. The van der Waals surface area contributed by atoms with Crippen molar-refractivity contribution in [3.8, 4) is 0 Å². The summed E-state index contributed by atoms with van der Waals surface area (Å²) in [7, 11) is 0. The maximum atomic E-state index is 12.5. The van der Waals surface area contributed by atoms with Crippen LogP contribution in [0.2, 0.25) is 0 Å². The third-order valence-corrected chi connectivity index (χ3v) is 4.26. The van der Waals surface area contributed by atoms with Crippen LogP contribution in [0.5, 0.6) is 0 Å². The van der Waals surface area contributed by atoms with Crippen LogP contribution >= 0.6 is 0 Å². The highest BCUT2D eigenvalue weighted by molar-refractivity contribution is 5.71. The Bertz CT molecular complexity index is 343. The van der Waals surface area contributed by atoms with Crippen LogP contribution in [0.15, 0.2) is 0 Å². The lowest BCUT2D eigenvalue weighted by Gasteiger charge is -2.50. The van der Waals surface area contributed by atoms with Crippen LogP contribution in [0, 0.1) is 0 Å². The van der Waals surface area contributed by atoms with Crippen molar-refractivity contribution in [2.24, 2.45) is 5.73 Å². The van der Waals surface area contributed by atoms with Crippen LogP contribution < -0.4 is 5.73 Å². The quantitative estimate of drug-likeness (QED) is 0.723. The second-order valence-electron chi connectivity index (χ2n) is 7.48. The van der Waals surface area contributed by atoms with E-state index in [9.17, 15) is 4.79 Å². The van der Waals surface area contributed by atoms with Crippen molar-refractivity contribution in [2.45, 2.75) is 83.0 Å². The molecule has 0 aromatic rings. The molecule has 18 heavy (non-hydrogen) atoms. The highest BCUT2D eigenvalue weighted by atomic mass is 16.6. The Morgan fingerprint density at radius 3 is 2.06 bits per heavy atom. The van der Waals surface area contributed by atoms with E-state index in [4.69, 9.17) is 10.5 Å². The fourth-order valence-corrected chi connectivity index (χ4v) is 3.75. The van der Waals surface area contributed by atoms with Crippen molar-refractivity contribution < 1.29 is 9.53 Å². The summed E-state index contributed by atoms with van der Waals surface area (Å²) in [6.07, 6.45) is 3.62. The molecule has 2 aliphatic heterocycles. The van der Waals surface area contributed by atoms with Gasteiger partial charge in [0.15, 0.2) is 0 Å². The molecule has 0 aromatic carbocycles. The van der Waals surface area contributed by atoms with Gasteiger partial charge in [0.1, 0.15) is 5.60 Å². The van der Waals surface area contributed by atoms with Crippen molar-refractivity contribution in [3.63, 3.8) is 0 Å². The largest absolute Gasteiger partial charge is 0.444 e. The third-order valence-electron chi connectivity index (χ3n) is 4.26. The minimum atomic E-state index is -0.442. The monoisotopic (exact) mass is 254 g/mol. The summed E-state index contributed by atoms with van der Waals surface area (Å²) in [5.74, 6) is 0. The fraction of sp³-hybridized carbons (Fsp3) is 0.929. The number of hydrogen-bond acceptors (Lipinski definition) is 3. The maximum absolute atomic E-state index is 12.5. The SMILES string of the molecule is CC(C)(C)OC(=O)N1[C@@]2(C)CC[C@]1(C)CC(N)C2. The number of hydrogen-bond donors (Lipinski definition) is 1. The van der Waals surface area contributed by atoms with Crippen LogP contribution in [0.3, 0.4) is 0 Å². The summed E-state index contributed by atoms with van der Waals surface area (Å²) in [4.78, 5) is 14.4. The molecule has 104 valence electrons. The molecule has 2 N–H and O–H groups in total. The van der Waals surface area contributed by atoms with Gasteiger partial charge < -0.3 is 10.5 Å². The molecule has 2 bridgehead atoms. The van der Waals surface area contributed by atoms with E-state index < -0.39 is 5.60 Å². The number of nitrogens with two attached hydrogens (primary N) is 1. The van der Waals surface area contributed by atoms with Gasteiger partial charge in [0.2, 0.25) is 0 Å². The first-order valence-electron chi connectivity index (χ1n) is 6.85. The predicted octanol–water partition coefficient (Wildman–Crippen LogP) is 2.66. The maximum Gasteiger partial charge on any atom is 0.411 e. The molecular formula is C14H26N2O2. The average Bonchev–Trinajstić information content (AvgIpc) is 2.27. The Morgan fingerprint density at radius 1 is 1.22 bits per heavy atom. The molecule has 2 aliphatic rings. The van der Waals surface area contributed by atoms with E-state index in [1.54, 1.807) is 0 Å². The van der Waals surface area contributed by atoms with Crippen molar-refractivity contribution >= 4 is 6.09 Å². The summed E-state index contributed by atoms with van der Waals surface area (Å²) in [5.41, 5.74) is 5.43. The second-order valence-corrected chi connectivity index (χ2v) is 7.48. The van der Waals surface area contributed by atoms with Crippen LogP contribution in [0.1, 0.15) is 60.3 Å². The number of carbonyl (C=O) groups is 1. The van der Waals surface area contributed by atoms with Crippen molar-refractivity contribution in [2.75, 3.05) is 0 Å². The lowest BCUT2D eigenvalue weighted by Crippen LogP contribution is -2.62. The van der Waals surface area contributed by atoms with Crippen molar-refractivity contribution in [1.29, 1.82) is 0 Å². The second kappa shape index (κ2) is 3.86. The summed E-state index contributed by atoms with van der Waals surface area (Å²) in [6, 6.07) is 0.196. The first-order chi connectivity index (χ1) is 8.06. The molecule has 2 saturated heterocycles. The molecular weight excluding hydrogens is 228 g/mol. The van der Waals surface area contributed by atoms with Gasteiger partial charge in [0, 0.05) is 17.1 Å². The summed E-state index contributed by atoms with van der Waals surface area (Å²) < 4.78 is 5.57. The van der Waals surface area contributed by atoms with Gasteiger partial charge in [-0.3, -0.25) is 4.90 Å². The molecule has 1 amide bonds. The number of amides is 1. The molecule has 0 radical (unpaired) electrons. The molecule has 1 unspecified atom stereocenters. The minimum Gasteiger partial charge on any atom is -0.444 e. The van der Waals surface area contributed by atoms with Crippen molar-refractivity contribution in [1.82, 2.24) is 4.90 Å². The Kier molecular flexibility index (Phi) is 2.93. The Morgan fingerprint density at radius 2 is 1.67 bits per heavy atom. The molecule has 2 fully saturated rings. The van der Waals surface area contributed by atoms with E-state index in [-0.39, 0.29) is 23.2 Å². The molecule has 4 heteroatoms. The van der Waals surface area contributed by atoms with Gasteiger partial charge in [-0.05, 0) is 60.3 Å². The topological polar surface area (TPSA) is 55.6 Å². The predicted molar refractivity (Wildman–Crippen MR) is 71.3 cm³/mol. The van der Waals surface area contributed by atoms with Crippen molar-refractivity contribution in [3.05, 3.63) is 0 Å². The van der Waals surface area contributed by atoms with E-state index in [1.807, 2.05) is 25.7 Å². The number of nitrogens with zero attached hydrogens (tertiary/aromatic N) is 1. The smallest absolute Gasteiger partial charge is 0.411 e. The normalized spacial score (nSPS) is 39.9. The molecule has 4 nitrogen and oxygen atoms in total. The van der Waals surface area contributed by atoms with E-state index in [0.29, 0.717) is 0 Å². The Hall–Kier alpha value is -0.770. The summed E-state index contributed by atoms with van der Waals surface area (Å²) in [6.45, 7) is 10.0. The van der Waals surface area contributed by atoms with Gasteiger partial charge in [-0.15, -0.1) is 0 Å². The van der Waals surface area contributed by atoms with Gasteiger partial charge in [0.25, 0.3) is 0 Å². The number of fused-ring (bicyclic) bond motifs is 2. The average molecular weight is 254 g/mol. The van der Waals surface area contributed by atoms with Crippen LogP contribution in [0.25, 0.3) is 0 Å². The van der Waals surface area contributed by atoms with Crippen LogP contribution in [0.4, 0.5) is 4.79 Å². The zero-order valence-electron chi connectivity index (χ0n) is 12.2. The zero-order valence-corrected chi connectivity index (χ0v) is 12.2. The van der Waals surface area contributed by atoms with E-state index in [2.05, 4.69) is 13.8 Å². The number of ether oxygens (including phenoxy) is 1. The molecule has 0 saturated carbocycles.